The summed E-state index contributed by atoms with van der Waals surface area (Å²) in [6.45, 7) is 14.7. The van der Waals surface area contributed by atoms with Gasteiger partial charge in [-0.1, -0.05) is 37.3 Å². The summed E-state index contributed by atoms with van der Waals surface area (Å²) in [5, 5.41) is 0. The molecular formula is C29H40F3N7. The van der Waals surface area contributed by atoms with E-state index in [0.29, 0.717) is 49.0 Å². The summed E-state index contributed by atoms with van der Waals surface area (Å²) in [7, 11) is 1.61. The second-order valence-electron chi connectivity index (χ2n) is 9.75. The number of pyridine rings is 1. The molecule has 1 aliphatic heterocycles. The summed E-state index contributed by atoms with van der Waals surface area (Å²) in [4.78, 5) is 24.0. The molecule has 1 saturated heterocycles. The molecule has 1 unspecified atom stereocenters. The maximum absolute atomic E-state index is 13.5. The van der Waals surface area contributed by atoms with Crippen LogP contribution in [0.4, 0.5) is 30.9 Å². The Labute approximate surface area is 230 Å². The number of aromatic nitrogens is 4. The SMILES string of the molecule is C=C(/C=C\C/C(=C\C)CC)c1nc(N(CC)CCN(C)c2ncccc2C(F)(F)F)nc(N2CCCC2C)n1. The fraction of sp³-hybridized carbons (Fsp3) is 0.517. The van der Waals surface area contributed by atoms with E-state index in [9.17, 15) is 13.2 Å². The standard InChI is InChI=1S/C29H40F3N7/c1-7-23(8-2)15-10-13-21(4)25-34-27(36-28(35-25)39-18-12-14-22(39)5)38(9-3)20-19-37(6)26-24(29(30,31)32)16-11-17-33-26/h7,10-11,13,16-17,22H,4,8-9,12,14-15,18-20H2,1-3,5-6H3/b13-10-,23-7-. The van der Waals surface area contributed by atoms with Gasteiger partial charge in [0.15, 0.2) is 5.82 Å². The van der Waals surface area contributed by atoms with Gasteiger partial charge >= 0.3 is 6.18 Å². The number of hydrogen-bond acceptors (Lipinski definition) is 7. The average molecular weight is 544 g/mol. The second-order valence-corrected chi connectivity index (χ2v) is 9.75. The Balaban J connectivity index is 1.87. The van der Waals surface area contributed by atoms with Crippen LogP contribution >= 0.6 is 0 Å². The molecule has 2 aromatic heterocycles. The van der Waals surface area contributed by atoms with Crippen molar-refractivity contribution in [2.75, 3.05) is 47.9 Å². The van der Waals surface area contributed by atoms with Crippen molar-refractivity contribution in [1.82, 2.24) is 19.9 Å². The van der Waals surface area contributed by atoms with Crippen LogP contribution in [0.3, 0.4) is 0 Å². The zero-order valence-electron chi connectivity index (χ0n) is 23.7. The number of hydrogen-bond donors (Lipinski definition) is 0. The minimum absolute atomic E-state index is 0.102. The van der Waals surface area contributed by atoms with Crippen LogP contribution in [0.25, 0.3) is 5.57 Å². The van der Waals surface area contributed by atoms with Crippen molar-refractivity contribution in [2.24, 2.45) is 0 Å². The highest BCUT2D eigenvalue weighted by molar-refractivity contribution is 5.68. The number of nitrogens with zero attached hydrogens (tertiary/aromatic N) is 7. The zero-order valence-corrected chi connectivity index (χ0v) is 23.7. The smallest absolute Gasteiger partial charge is 0.357 e. The van der Waals surface area contributed by atoms with Crippen LogP contribution in [0, 0.1) is 0 Å². The third kappa shape index (κ3) is 7.80. The molecule has 1 aliphatic rings. The van der Waals surface area contributed by atoms with Gasteiger partial charge < -0.3 is 14.7 Å². The Morgan fingerprint density at radius 2 is 1.97 bits per heavy atom. The monoisotopic (exact) mass is 543 g/mol. The molecule has 39 heavy (non-hydrogen) atoms. The highest BCUT2D eigenvalue weighted by atomic mass is 19.4. The Morgan fingerprint density at radius 3 is 2.59 bits per heavy atom. The Bertz CT molecular complexity index is 1180. The lowest BCUT2D eigenvalue weighted by Gasteiger charge is -2.28. The van der Waals surface area contributed by atoms with E-state index < -0.39 is 11.7 Å². The van der Waals surface area contributed by atoms with Crippen LogP contribution in [-0.2, 0) is 6.18 Å². The van der Waals surface area contributed by atoms with Gasteiger partial charge in [-0.3, -0.25) is 0 Å². The lowest BCUT2D eigenvalue weighted by molar-refractivity contribution is -0.137. The van der Waals surface area contributed by atoms with E-state index >= 15 is 0 Å². The fourth-order valence-corrected chi connectivity index (χ4v) is 4.59. The molecule has 7 nitrogen and oxygen atoms in total. The molecule has 0 amide bonds. The van der Waals surface area contributed by atoms with Crippen molar-refractivity contribution < 1.29 is 13.2 Å². The predicted molar refractivity (Wildman–Crippen MR) is 153 cm³/mol. The second kappa shape index (κ2) is 13.6. The van der Waals surface area contributed by atoms with Gasteiger partial charge in [-0.2, -0.15) is 28.1 Å². The lowest BCUT2D eigenvalue weighted by atomic mass is 10.1. The van der Waals surface area contributed by atoms with E-state index in [2.05, 4.69) is 42.5 Å². The van der Waals surface area contributed by atoms with Crippen LogP contribution in [0.15, 0.2) is 48.7 Å². The van der Waals surface area contributed by atoms with Crippen LogP contribution in [0.2, 0.25) is 0 Å². The van der Waals surface area contributed by atoms with E-state index in [1.165, 1.54) is 22.7 Å². The molecule has 0 spiro atoms. The Hall–Kier alpha value is -3.43. The molecule has 0 N–H and O–H groups in total. The van der Waals surface area contributed by atoms with Gasteiger partial charge in [0.2, 0.25) is 11.9 Å². The number of rotatable bonds is 12. The van der Waals surface area contributed by atoms with Gasteiger partial charge in [0.25, 0.3) is 0 Å². The van der Waals surface area contributed by atoms with Crippen LogP contribution in [0.5, 0.6) is 0 Å². The molecule has 0 bridgehead atoms. The maximum atomic E-state index is 13.5. The van der Waals surface area contributed by atoms with Gasteiger partial charge in [-0.25, -0.2) is 4.98 Å². The van der Waals surface area contributed by atoms with Crippen molar-refractivity contribution in [2.45, 2.75) is 65.6 Å². The normalized spacial score (nSPS) is 16.3. The quantitative estimate of drug-likeness (QED) is 0.222. The van der Waals surface area contributed by atoms with E-state index in [1.807, 2.05) is 24.8 Å². The minimum atomic E-state index is -4.48. The average Bonchev–Trinajstić information content (AvgIpc) is 3.36. The predicted octanol–water partition coefficient (Wildman–Crippen LogP) is 6.55. The molecule has 1 fully saturated rings. The first-order valence-electron chi connectivity index (χ1n) is 13.6. The van der Waals surface area contributed by atoms with Crippen molar-refractivity contribution in [3.8, 4) is 0 Å². The van der Waals surface area contributed by atoms with Gasteiger partial charge in [-0.05, 0) is 58.6 Å². The van der Waals surface area contributed by atoms with Gasteiger partial charge in [0.1, 0.15) is 5.82 Å². The summed E-state index contributed by atoms with van der Waals surface area (Å²) in [6.07, 6.45) is 6.98. The first-order chi connectivity index (χ1) is 18.6. The Morgan fingerprint density at radius 1 is 1.21 bits per heavy atom. The van der Waals surface area contributed by atoms with E-state index in [1.54, 1.807) is 7.05 Å². The molecule has 0 radical (unpaired) electrons. The molecule has 0 aromatic carbocycles. The van der Waals surface area contributed by atoms with Gasteiger partial charge in [0.05, 0.1) is 5.56 Å². The number of likely N-dealkylation sites (N-methyl/N-ethyl adjacent to an activating group) is 2. The number of halogens is 3. The molecule has 2 aromatic rings. The van der Waals surface area contributed by atoms with Crippen molar-refractivity contribution in [3.05, 3.63) is 60.1 Å². The number of allylic oxidation sites excluding steroid dienone is 5. The molecule has 10 heteroatoms. The van der Waals surface area contributed by atoms with Gasteiger partial charge in [0, 0.05) is 51.0 Å². The molecule has 3 heterocycles. The summed E-state index contributed by atoms with van der Waals surface area (Å²) in [5.74, 6) is 1.49. The molecule has 1 atom stereocenters. The van der Waals surface area contributed by atoms with Gasteiger partial charge in [-0.15, -0.1) is 0 Å². The topological polar surface area (TPSA) is 61.3 Å². The molecular weight excluding hydrogens is 503 g/mol. The van der Waals surface area contributed by atoms with E-state index in [0.717, 1.165) is 38.3 Å². The van der Waals surface area contributed by atoms with Crippen molar-refractivity contribution in [3.63, 3.8) is 0 Å². The highest BCUT2D eigenvalue weighted by Crippen LogP contribution is 2.34. The summed E-state index contributed by atoms with van der Waals surface area (Å²) in [6, 6.07) is 2.66. The first kappa shape index (κ1) is 30.1. The first-order valence-corrected chi connectivity index (χ1v) is 13.6. The fourth-order valence-electron chi connectivity index (χ4n) is 4.59. The van der Waals surface area contributed by atoms with Crippen LogP contribution in [0.1, 0.15) is 64.8 Å². The number of alkyl halides is 3. The molecule has 3 rings (SSSR count). The third-order valence-corrected chi connectivity index (χ3v) is 7.09. The Kier molecular flexibility index (Phi) is 10.5. The third-order valence-electron chi connectivity index (χ3n) is 7.09. The summed E-state index contributed by atoms with van der Waals surface area (Å²) in [5.41, 5.74) is 1.27. The lowest BCUT2D eigenvalue weighted by Crippen LogP contribution is -2.36. The van der Waals surface area contributed by atoms with E-state index in [-0.39, 0.29) is 5.82 Å². The molecule has 0 saturated carbocycles. The van der Waals surface area contributed by atoms with Crippen LogP contribution < -0.4 is 14.7 Å². The van der Waals surface area contributed by atoms with Crippen molar-refractivity contribution >= 4 is 23.3 Å². The summed E-state index contributed by atoms with van der Waals surface area (Å²) >= 11 is 0. The van der Waals surface area contributed by atoms with Crippen molar-refractivity contribution in [1.29, 1.82) is 0 Å². The zero-order chi connectivity index (χ0) is 28.6. The maximum Gasteiger partial charge on any atom is 0.419 e. The largest absolute Gasteiger partial charge is 0.419 e. The van der Waals surface area contributed by atoms with E-state index in [4.69, 9.17) is 15.0 Å². The molecule has 0 aliphatic carbocycles. The number of anilines is 3. The summed E-state index contributed by atoms with van der Waals surface area (Å²) < 4.78 is 40.6. The highest BCUT2D eigenvalue weighted by Gasteiger charge is 2.35. The molecule has 212 valence electrons. The van der Waals surface area contributed by atoms with Crippen LogP contribution in [-0.4, -0.2) is 59.2 Å². The minimum Gasteiger partial charge on any atom is -0.357 e.